The predicted molar refractivity (Wildman–Crippen MR) is 237 cm³/mol. The minimum atomic E-state index is -0.106. The molecule has 0 fully saturated rings. The first kappa shape index (κ1) is 34.0. The Hall–Kier alpha value is -7.28. The average molecular weight is 751 g/mol. The summed E-state index contributed by atoms with van der Waals surface area (Å²) < 4.78 is 17.7. The zero-order chi connectivity index (χ0) is 39.8. The Morgan fingerprint density at radius 2 is 0.948 bits per heavy atom. The summed E-state index contributed by atoms with van der Waals surface area (Å²) in [6, 6.07) is 46.9. The van der Waals surface area contributed by atoms with E-state index in [0.29, 0.717) is 16.8 Å². The van der Waals surface area contributed by atoms with Crippen LogP contribution in [-0.2, 0) is 10.8 Å². The third kappa shape index (κ3) is 4.63. The number of fused-ring (bicyclic) bond motifs is 14. The quantitative estimate of drug-likeness (QED) is 0.176. The van der Waals surface area contributed by atoms with Gasteiger partial charge < -0.3 is 18.0 Å². The van der Waals surface area contributed by atoms with E-state index < -0.39 is 0 Å². The molecule has 0 aliphatic rings. The largest absolute Gasteiger partial charge is 0.455 e. The third-order valence-electron chi connectivity index (χ3n) is 12.1. The summed E-state index contributed by atoms with van der Waals surface area (Å²) in [6.45, 7) is 13.3. The van der Waals surface area contributed by atoms with Gasteiger partial charge in [0.25, 0.3) is 0 Å². The number of nitrogens with zero attached hydrogens (tertiary/aromatic N) is 4. The zero-order valence-corrected chi connectivity index (χ0v) is 33.2. The topological polar surface area (TPSA) is 83.7 Å². The van der Waals surface area contributed by atoms with Gasteiger partial charge in [-0.1, -0.05) is 90.1 Å². The highest BCUT2D eigenvalue weighted by molar-refractivity contribution is 6.25. The minimum Gasteiger partial charge on any atom is -0.455 e. The van der Waals surface area contributed by atoms with Crippen LogP contribution in [0.15, 0.2) is 130 Å². The van der Waals surface area contributed by atoms with E-state index in [2.05, 4.69) is 142 Å². The summed E-state index contributed by atoms with van der Waals surface area (Å²) >= 11 is 0. The number of benzene rings is 7. The van der Waals surface area contributed by atoms with Gasteiger partial charge in [0.05, 0.1) is 49.7 Å². The van der Waals surface area contributed by atoms with Crippen LogP contribution in [0.3, 0.4) is 0 Å². The highest BCUT2D eigenvalue weighted by Gasteiger charge is 2.26. The van der Waals surface area contributed by atoms with E-state index in [-0.39, 0.29) is 10.8 Å². The van der Waals surface area contributed by atoms with E-state index in [1.54, 1.807) is 0 Å². The second-order valence-electron chi connectivity index (χ2n) is 17.6. The second kappa shape index (κ2) is 11.6. The summed E-state index contributed by atoms with van der Waals surface area (Å²) in [5.74, 6) is 0. The lowest BCUT2D eigenvalue weighted by Crippen LogP contribution is -2.10. The first-order chi connectivity index (χ1) is 27.9. The zero-order valence-electron chi connectivity index (χ0n) is 33.2. The molecular formula is C52H38N4O2. The molecule has 0 radical (unpaired) electrons. The van der Waals surface area contributed by atoms with E-state index in [0.717, 1.165) is 93.2 Å². The van der Waals surface area contributed by atoms with Gasteiger partial charge in [-0.2, -0.15) is 10.5 Å². The Morgan fingerprint density at radius 3 is 1.45 bits per heavy atom. The van der Waals surface area contributed by atoms with E-state index >= 15 is 0 Å². The number of hydrogen-bond acceptors (Lipinski definition) is 4. The maximum Gasteiger partial charge on any atom is 0.145 e. The van der Waals surface area contributed by atoms with Gasteiger partial charge in [0.15, 0.2) is 0 Å². The molecule has 6 heteroatoms. The normalized spacial score (nSPS) is 12.6. The standard InChI is InChI=1S/C52H38N4O2/c1-51(2,3)30-15-19-40-37(24-30)47-42(21-17-35-33-11-7-9-13-45(33)57-49(35)47)55(40)32-23-29(27-53)39(28-54)44(26-32)56-41-20-16-31(52(4,5)6)25-38(41)48-43(56)22-18-36-34-12-8-10-14-46(34)58-50(36)48/h7-26H,1-6H3. The Kier molecular flexibility index (Phi) is 6.82. The molecule has 0 spiro atoms. The number of nitriles is 2. The lowest BCUT2D eigenvalue weighted by Gasteiger charge is -2.20. The molecule has 11 rings (SSSR count). The lowest BCUT2D eigenvalue weighted by molar-refractivity contribution is 0.591. The summed E-state index contributed by atoms with van der Waals surface area (Å²) in [5.41, 5.74) is 11.3. The average Bonchev–Trinajstić information content (AvgIpc) is 3.96. The highest BCUT2D eigenvalue weighted by atomic mass is 16.3. The van der Waals surface area contributed by atoms with Crippen molar-refractivity contribution in [2.75, 3.05) is 0 Å². The fourth-order valence-corrected chi connectivity index (χ4v) is 9.17. The summed E-state index contributed by atoms with van der Waals surface area (Å²) in [5, 5.41) is 30.0. The van der Waals surface area contributed by atoms with Gasteiger partial charge in [0.2, 0.25) is 0 Å². The molecule has 7 aromatic carbocycles. The molecule has 0 aliphatic heterocycles. The van der Waals surface area contributed by atoms with Gasteiger partial charge >= 0.3 is 0 Å². The number of para-hydroxylation sites is 2. The number of aromatic nitrogens is 2. The molecule has 0 bridgehead atoms. The molecule has 278 valence electrons. The van der Waals surface area contributed by atoms with E-state index in [1.807, 2.05) is 42.5 Å². The van der Waals surface area contributed by atoms with Crippen LogP contribution in [0, 0.1) is 22.7 Å². The van der Waals surface area contributed by atoms with Crippen molar-refractivity contribution in [2.45, 2.75) is 52.4 Å². The predicted octanol–water partition coefficient (Wildman–Crippen LogP) is 14.0. The van der Waals surface area contributed by atoms with E-state index in [4.69, 9.17) is 8.83 Å². The molecule has 0 saturated carbocycles. The van der Waals surface area contributed by atoms with Crippen molar-refractivity contribution in [3.8, 4) is 23.5 Å². The van der Waals surface area contributed by atoms with Gasteiger partial charge in [-0.15, -0.1) is 0 Å². The van der Waals surface area contributed by atoms with Gasteiger partial charge in [0, 0.05) is 38.0 Å². The molecule has 0 N–H and O–H groups in total. The highest BCUT2D eigenvalue weighted by Crippen LogP contribution is 2.45. The number of rotatable bonds is 2. The maximum atomic E-state index is 10.9. The third-order valence-corrected chi connectivity index (χ3v) is 12.1. The summed E-state index contributed by atoms with van der Waals surface area (Å²) in [6.07, 6.45) is 0. The smallest absolute Gasteiger partial charge is 0.145 e. The lowest BCUT2D eigenvalue weighted by atomic mass is 9.86. The Morgan fingerprint density at radius 1 is 0.466 bits per heavy atom. The van der Waals surface area contributed by atoms with Crippen LogP contribution in [0.1, 0.15) is 63.8 Å². The molecule has 0 unspecified atom stereocenters. The van der Waals surface area contributed by atoms with Crippen LogP contribution in [0.25, 0.3) is 98.9 Å². The van der Waals surface area contributed by atoms with Crippen molar-refractivity contribution in [2.24, 2.45) is 0 Å². The van der Waals surface area contributed by atoms with Crippen molar-refractivity contribution in [1.82, 2.24) is 9.13 Å². The van der Waals surface area contributed by atoms with Crippen molar-refractivity contribution in [3.05, 3.63) is 144 Å². The molecule has 4 aromatic heterocycles. The van der Waals surface area contributed by atoms with Gasteiger partial charge in [-0.05, 0) is 94.8 Å². The van der Waals surface area contributed by atoms with Crippen LogP contribution in [0.2, 0.25) is 0 Å². The maximum absolute atomic E-state index is 10.9. The van der Waals surface area contributed by atoms with Crippen molar-refractivity contribution in [3.63, 3.8) is 0 Å². The fraction of sp³-hybridized carbons (Fsp3) is 0.154. The SMILES string of the molecule is CC(C)(C)c1ccc2c(c1)c1c3oc4ccccc4c3ccc1n2-c1cc(C#N)c(C#N)c(-n2c3ccc(C(C)(C)C)cc3c3c4oc5ccccc5c4ccc32)c1. The number of hydrogen-bond donors (Lipinski definition) is 0. The van der Waals surface area contributed by atoms with Gasteiger partial charge in [-0.25, -0.2) is 0 Å². The van der Waals surface area contributed by atoms with Crippen LogP contribution >= 0.6 is 0 Å². The molecule has 0 atom stereocenters. The van der Waals surface area contributed by atoms with Crippen molar-refractivity contribution >= 4 is 87.5 Å². The Balaban J connectivity index is 1.28. The fourth-order valence-electron chi connectivity index (χ4n) is 9.17. The first-order valence-electron chi connectivity index (χ1n) is 19.7. The first-order valence-corrected chi connectivity index (χ1v) is 19.7. The number of furan rings is 2. The molecule has 0 aliphatic carbocycles. The Labute approximate surface area is 334 Å². The van der Waals surface area contributed by atoms with Gasteiger partial charge in [0.1, 0.15) is 34.5 Å². The molecular weight excluding hydrogens is 713 g/mol. The molecule has 4 heterocycles. The van der Waals surface area contributed by atoms with Crippen molar-refractivity contribution < 1.29 is 8.83 Å². The van der Waals surface area contributed by atoms with Crippen LogP contribution in [0.5, 0.6) is 0 Å². The second-order valence-corrected chi connectivity index (χ2v) is 17.6. The Bertz CT molecular complexity index is 3670. The molecule has 58 heavy (non-hydrogen) atoms. The molecule has 11 aromatic rings. The van der Waals surface area contributed by atoms with Crippen LogP contribution < -0.4 is 0 Å². The summed E-state index contributed by atoms with van der Waals surface area (Å²) in [4.78, 5) is 0. The van der Waals surface area contributed by atoms with Gasteiger partial charge in [-0.3, -0.25) is 0 Å². The molecule has 0 saturated heterocycles. The van der Waals surface area contributed by atoms with Crippen molar-refractivity contribution in [1.29, 1.82) is 10.5 Å². The summed E-state index contributed by atoms with van der Waals surface area (Å²) in [7, 11) is 0. The molecule has 6 nitrogen and oxygen atoms in total. The molecule has 0 amide bonds. The van der Waals surface area contributed by atoms with Crippen LogP contribution in [-0.4, -0.2) is 9.13 Å². The van der Waals surface area contributed by atoms with Crippen LogP contribution in [0.4, 0.5) is 0 Å². The van der Waals surface area contributed by atoms with E-state index in [9.17, 15) is 10.5 Å². The van der Waals surface area contributed by atoms with E-state index in [1.165, 1.54) is 11.1 Å². The monoisotopic (exact) mass is 750 g/mol. The minimum absolute atomic E-state index is 0.0887.